The zero-order valence-corrected chi connectivity index (χ0v) is 18.0. The van der Waals surface area contributed by atoms with Crippen LogP contribution in [0.3, 0.4) is 0 Å². The van der Waals surface area contributed by atoms with E-state index in [1.807, 2.05) is 14.1 Å². The Balaban J connectivity index is 1.82. The van der Waals surface area contributed by atoms with Crippen molar-refractivity contribution in [1.29, 1.82) is 0 Å². The number of rotatable bonds is 6. The van der Waals surface area contributed by atoms with Crippen LogP contribution in [0.2, 0.25) is 10.0 Å². The molecule has 0 bridgehead atoms. The highest BCUT2D eigenvalue weighted by Crippen LogP contribution is 2.25. The Labute approximate surface area is 174 Å². The largest absolute Gasteiger partial charge is 0.347 e. The van der Waals surface area contributed by atoms with E-state index in [1.54, 1.807) is 4.90 Å². The van der Waals surface area contributed by atoms with Gasteiger partial charge in [0.25, 0.3) is 0 Å². The normalized spacial score (nSPS) is 14.9. The Morgan fingerprint density at radius 3 is 2.43 bits per heavy atom. The molecule has 152 valence electrons. The number of nitrogens with zero attached hydrogens (tertiary/aromatic N) is 5. The van der Waals surface area contributed by atoms with Gasteiger partial charge in [0.05, 0.1) is 21.5 Å². The Morgan fingerprint density at radius 1 is 1.07 bits per heavy atom. The van der Waals surface area contributed by atoms with Gasteiger partial charge in [-0.2, -0.15) is 15.0 Å². The summed E-state index contributed by atoms with van der Waals surface area (Å²) in [7, 11) is -0.125. The molecule has 1 aromatic carbocycles. The van der Waals surface area contributed by atoms with Gasteiger partial charge in [0, 0.05) is 27.2 Å². The molecular weight excluding hydrogens is 423 g/mol. The number of aromatic nitrogens is 3. The lowest BCUT2D eigenvalue weighted by Gasteiger charge is -2.27. The van der Waals surface area contributed by atoms with Crippen LogP contribution in [0.4, 0.5) is 11.9 Å². The van der Waals surface area contributed by atoms with Gasteiger partial charge in [0.15, 0.2) is 5.82 Å². The van der Waals surface area contributed by atoms with Crippen LogP contribution in [0, 0.1) is 0 Å². The number of anilines is 2. The minimum atomic E-state index is -3.79. The zero-order valence-electron chi connectivity index (χ0n) is 15.7. The summed E-state index contributed by atoms with van der Waals surface area (Å²) in [4.78, 5) is 17.2. The molecule has 0 amide bonds. The minimum Gasteiger partial charge on any atom is -0.347 e. The fraction of sp³-hybridized carbons (Fsp3) is 0.471. The highest BCUT2D eigenvalue weighted by molar-refractivity contribution is 7.89. The standard InChI is InChI=1S/C17H22Cl2N6O2S/c1-24(2)16-21-15(22-17(23-16)25-8-4-3-5-9-25)11-20-28(26,27)12-6-7-13(18)14(19)10-12/h6-7,10,20H,3-5,8-9,11H2,1-2H3. The molecule has 1 saturated heterocycles. The lowest BCUT2D eigenvalue weighted by molar-refractivity contribution is 0.563. The number of sulfonamides is 1. The molecule has 1 N–H and O–H groups in total. The van der Waals surface area contributed by atoms with Crippen LogP contribution in [0.5, 0.6) is 0 Å². The van der Waals surface area contributed by atoms with Crippen LogP contribution < -0.4 is 14.5 Å². The van der Waals surface area contributed by atoms with Crippen LogP contribution in [0.15, 0.2) is 23.1 Å². The summed E-state index contributed by atoms with van der Waals surface area (Å²) in [6.45, 7) is 1.70. The molecule has 1 aromatic heterocycles. The maximum Gasteiger partial charge on any atom is 0.241 e. The van der Waals surface area contributed by atoms with Gasteiger partial charge in [-0.15, -0.1) is 0 Å². The van der Waals surface area contributed by atoms with Gasteiger partial charge in [-0.05, 0) is 37.5 Å². The lowest BCUT2D eigenvalue weighted by atomic mass is 10.1. The molecule has 1 fully saturated rings. The fourth-order valence-electron chi connectivity index (χ4n) is 2.80. The van der Waals surface area contributed by atoms with Gasteiger partial charge in [0.2, 0.25) is 21.9 Å². The van der Waals surface area contributed by atoms with E-state index in [0.717, 1.165) is 25.9 Å². The molecule has 28 heavy (non-hydrogen) atoms. The summed E-state index contributed by atoms with van der Waals surface area (Å²) >= 11 is 11.8. The van der Waals surface area contributed by atoms with E-state index in [4.69, 9.17) is 23.2 Å². The number of halogens is 2. The second-order valence-electron chi connectivity index (χ2n) is 6.69. The number of nitrogens with one attached hydrogen (secondary N) is 1. The molecule has 8 nitrogen and oxygen atoms in total. The van der Waals surface area contributed by atoms with E-state index in [2.05, 4.69) is 24.6 Å². The third-order valence-electron chi connectivity index (χ3n) is 4.32. The molecule has 3 rings (SSSR count). The Kier molecular flexibility index (Phi) is 6.59. The van der Waals surface area contributed by atoms with E-state index in [9.17, 15) is 8.42 Å². The van der Waals surface area contributed by atoms with Crippen LogP contribution >= 0.6 is 23.2 Å². The SMILES string of the molecule is CN(C)c1nc(CNS(=O)(=O)c2ccc(Cl)c(Cl)c2)nc(N2CCCCC2)n1. The monoisotopic (exact) mass is 444 g/mol. The number of hydrogen-bond acceptors (Lipinski definition) is 7. The van der Waals surface area contributed by atoms with Crippen molar-refractivity contribution in [2.45, 2.75) is 30.7 Å². The average Bonchev–Trinajstić information content (AvgIpc) is 2.69. The van der Waals surface area contributed by atoms with E-state index >= 15 is 0 Å². The first kappa shape index (κ1) is 21.0. The van der Waals surface area contributed by atoms with Gasteiger partial charge in [0.1, 0.15) is 0 Å². The third kappa shape index (κ3) is 5.02. The highest BCUT2D eigenvalue weighted by atomic mass is 35.5. The molecule has 0 aliphatic carbocycles. The van der Waals surface area contributed by atoms with Gasteiger partial charge in [-0.25, -0.2) is 13.1 Å². The fourth-order valence-corrected chi connectivity index (χ4v) is 4.17. The minimum absolute atomic E-state index is 0.0278. The Bertz CT molecular complexity index is 949. The van der Waals surface area contributed by atoms with Crippen molar-refractivity contribution < 1.29 is 8.42 Å². The van der Waals surface area contributed by atoms with Crippen molar-refractivity contribution in [3.8, 4) is 0 Å². The van der Waals surface area contributed by atoms with E-state index in [1.165, 1.54) is 24.6 Å². The molecule has 0 atom stereocenters. The number of hydrogen-bond donors (Lipinski definition) is 1. The predicted molar refractivity (Wildman–Crippen MR) is 111 cm³/mol. The van der Waals surface area contributed by atoms with Crippen molar-refractivity contribution in [1.82, 2.24) is 19.7 Å². The molecule has 0 radical (unpaired) electrons. The Hall–Kier alpha value is -1.68. The van der Waals surface area contributed by atoms with Crippen LogP contribution in [-0.4, -0.2) is 50.6 Å². The molecular formula is C17H22Cl2N6O2S. The average molecular weight is 445 g/mol. The van der Waals surface area contributed by atoms with Crippen molar-refractivity contribution in [3.63, 3.8) is 0 Å². The lowest BCUT2D eigenvalue weighted by Crippen LogP contribution is -2.33. The summed E-state index contributed by atoms with van der Waals surface area (Å²) < 4.78 is 27.7. The van der Waals surface area contributed by atoms with E-state index in [-0.39, 0.29) is 16.5 Å². The van der Waals surface area contributed by atoms with Crippen molar-refractivity contribution in [3.05, 3.63) is 34.1 Å². The first-order chi connectivity index (χ1) is 13.3. The van der Waals surface area contributed by atoms with Gasteiger partial charge in [-0.1, -0.05) is 23.2 Å². The summed E-state index contributed by atoms with van der Waals surface area (Å²) in [5.74, 6) is 1.41. The number of benzene rings is 1. The van der Waals surface area contributed by atoms with Crippen LogP contribution in [0.1, 0.15) is 25.1 Å². The van der Waals surface area contributed by atoms with Gasteiger partial charge in [-0.3, -0.25) is 0 Å². The van der Waals surface area contributed by atoms with E-state index in [0.29, 0.717) is 22.7 Å². The van der Waals surface area contributed by atoms with Crippen molar-refractivity contribution in [2.24, 2.45) is 0 Å². The van der Waals surface area contributed by atoms with Crippen molar-refractivity contribution >= 4 is 45.1 Å². The van der Waals surface area contributed by atoms with Crippen molar-refractivity contribution in [2.75, 3.05) is 37.0 Å². The summed E-state index contributed by atoms with van der Waals surface area (Å²) in [6, 6.07) is 4.15. The second-order valence-corrected chi connectivity index (χ2v) is 9.28. The predicted octanol–water partition coefficient (Wildman–Crippen LogP) is 2.71. The summed E-state index contributed by atoms with van der Waals surface area (Å²) in [5.41, 5.74) is 0. The smallest absolute Gasteiger partial charge is 0.241 e. The second kappa shape index (κ2) is 8.77. The molecule has 0 spiro atoms. The number of piperidine rings is 1. The Morgan fingerprint density at radius 2 is 1.79 bits per heavy atom. The molecule has 0 saturated carbocycles. The molecule has 11 heteroatoms. The summed E-state index contributed by atoms with van der Waals surface area (Å²) in [5, 5.41) is 0.465. The quantitative estimate of drug-likeness (QED) is 0.731. The maximum absolute atomic E-state index is 12.6. The highest BCUT2D eigenvalue weighted by Gasteiger charge is 2.19. The van der Waals surface area contributed by atoms with Crippen LogP contribution in [-0.2, 0) is 16.6 Å². The van der Waals surface area contributed by atoms with Gasteiger partial charge < -0.3 is 9.80 Å². The third-order valence-corrected chi connectivity index (χ3v) is 6.46. The topological polar surface area (TPSA) is 91.3 Å². The molecule has 1 aliphatic heterocycles. The first-order valence-electron chi connectivity index (χ1n) is 8.88. The van der Waals surface area contributed by atoms with Crippen LogP contribution in [0.25, 0.3) is 0 Å². The van der Waals surface area contributed by atoms with E-state index < -0.39 is 10.0 Å². The first-order valence-corrected chi connectivity index (χ1v) is 11.1. The summed E-state index contributed by atoms with van der Waals surface area (Å²) in [6.07, 6.45) is 3.36. The molecule has 0 unspecified atom stereocenters. The maximum atomic E-state index is 12.6. The molecule has 2 aromatic rings. The molecule has 2 heterocycles. The molecule has 1 aliphatic rings. The zero-order chi connectivity index (χ0) is 20.3. The van der Waals surface area contributed by atoms with Gasteiger partial charge >= 0.3 is 0 Å².